The molecule has 1 unspecified atom stereocenters. The summed E-state index contributed by atoms with van der Waals surface area (Å²) in [6, 6.07) is 11.3. The molecule has 1 N–H and O–H groups in total. The van der Waals surface area contributed by atoms with E-state index in [1.807, 2.05) is 30.3 Å². The lowest BCUT2D eigenvalue weighted by Crippen LogP contribution is -2.03. The highest BCUT2D eigenvalue weighted by Crippen LogP contribution is 2.18. The molecule has 16 heavy (non-hydrogen) atoms. The molecule has 0 amide bonds. The molecule has 0 saturated carbocycles. The van der Waals surface area contributed by atoms with E-state index >= 15 is 0 Å². The Labute approximate surface area is 94.0 Å². The van der Waals surface area contributed by atoms with Crippen LogP contribution in [0.1, 0.15) is 24.2 Å². The molecule has 0 fully saturated rings. The molecular weight excluding hydrogens is 205 g/mol. The number of nitrogens with zero attached hydrogens (tertiary/aromatic N) is 1. The predicted octanol–water partition coefficient (Wildman–Crippen LogP) is 2.73. The van der Waals surface area contributed by atoms with Crippen molar-refractivity contribution < 1.29 is 9.50 Å². The van der Waals surface area contributed by atoms with Crippen molar-refractivity contribution in [3.63, 3.8) is 0 Å². The highest BCUT2D eigenvalue weighted by molar-refractivity contribution is 5.19. The molecule has 2 aromatic rings. The first kappa shape index (κ1) is 10.9. The summed E-state index contributed by atoms with van der Waals surface area (Å²) in [4.78, 5) is 0. The number of aliphatic hydroxyl groups excluding tert-OH is 1. The van der Waals surface area contributed by atoms with E-state index in [-0.39, 0.29) is 5.95 Å². The molecule has 0 aliphatic heterocycles. The van der Waals surface area contributed by atoms with Crippen molar-refractivity contribution in [3.8, 4) is 0 Å². The molecule has 1 heterocycles. The van der Waals surface area contributed by atoms with Gasteiger partial charge in [-0.05, 0) is 18.6 Å². The zero-order valence-corrected chi connectivity index (χ0v) is 9.10. The second-order valence-electron chi connectivity index (χ2n) is 3.85. The van der Waals surface area contributed by atoms with Gasteiger partial charge in [0, 0.05) is 18.3 Å². The first-order valence-electron chi connectivity index (χ1n) is 5.25. The molecule has 0 radical (unpaired) electrons. The number of halogens is 1. The average Bonchev–Trinajstić information content (AvgIpc) is 2.62. The summed E-state index contributed by atoms with van der Waals surface area (Å²) in [7, 11) is 0. The Morgan fingerprint density at radius 2 is 1.94 bits per heavy atom. The largest absolute Gasteiger partial charge is 0.389 e. The fraction of sp³-hybridized carbons (Fsp3) is 0.231. The summed E-state index contributed by atoms with van der Waals surface area (Å²) in [5.41, 5.74) is 1.38. The molecule has 1 aromatic carbocycles. The quantitative estimate of drug-likeness (QED) is 0.843. The second kappa shape index (κ2) is 4.49. The van der Waals surface area contributed by atoms with Crippen LogP contribution in [0.15, 0.2) is 42.6 Å². The second-order valence-corrected chi connectivity index (χ2v) is 3.85. The number of benzene rings is 1. The van der Waals surface area contributed by atoms with Crippen molar-refractivity contribution in [3.05, 3.63) is 59.7 Å². The molecule has 0 bridgehead atoms. The smallest absolute Gasteiger partial charge is 0.199 e. The molecule has 2 rings (SSSR count). The number of aliphatic hydroxyl groups is 1. The summed E-state index contributed by atoms with van der Waals surface area (Å²) in [5, 5.41) is 9.33. The predicted molar refractivity (Wildman–Crippen MR) is 60.6 cm³/mol. The van der Waals surface area contributed by atoms with Crippen molar-refractivity contribution in [2.75, 3.05) is 0 Å². The van der Waals surface area contributed by atoms with Crippen LogP contribution in [-0.2, 0) is 6.54 Å². The monoisotopic (exact) mass is 219 g/mol. The molecule has 0 spiro atoms. The van der Waals surface area contributed by atoms with Crippen LogP contribution in [0.3, 0.4) is 0 Å². The maximum absolute atomic E-state index is 13.8. The molecule has 1 atom stereocenters. The van der Waals surface area contributed by atoms with Crippen LogP contribution in [0.25, 0.3) is 0 Å². The van der Waals surface area contributed by atoms with Crippen LogP contribution in [-0.4, -0.2) is 9.67 Å². The SMILES string of the molecule is CC(O)c1ccn(Cc2ccccc2)c1F. The van der Waals surface area contributed by atoms with Crippen LogP contribution < -0.4 is 0 Å². The molecule has 0 saturated heterocycles. The lowest BCUT2D eigenvalue weighted by molar-refractivity contribution is 0.193. The average molecular weight is 219 g/mol. The first-order chi connectivity index (χ1) is 7.68. The number of aromatic nitrogens is 1. The standard InChI is InChI=1S/C13H14FNO/c1-10(16)12-7-8-15(13(12)14)9-11-5-3-2-4-6-11/h2-8,10,16H,9H2,1H3. The highest BCUT2D eigenvalue weighted by atomic mass is 19.1. The summed E-state index contributed by atoms with van der Waals surface area (Å²) in [6.07, 6.45) is 0.890. The number of hydrogen-bond acceptors (Lipinski definition) is 1. The Hall–Kier alpha value is -1.61. The van der Waals surface area contributed by atoms with Crippen LogP contribution in [0.4, 0.5) is 4.39 Å². The van der Waals surface area contributed by atoms with Gasteiger partial charge in [-0.25, -0.2) is 0 Å². The Morgan fingerprint density at radius 3 is 2.50 bits per heavy atom. The Morgan fingerprint density at radius 1 is 1.25 bits per heavy atom. The fourth-order valence-corrected chi connectivity index (χ4v) is 1.68. The minimum atomic E-state index is -0.767. The van der Waals surface area contributed by atoms with Gasteiger partial charge in [-0.15, -0.1) is 0 Å². The van der Waals surface area contributed by atoms with E-state index in [4.69, 9.17) is 0 Å². The zero-order chi connectivity index (χ0) is 11.5. The summed E-state index contributed by atoms with van der Waals surface area (Å²) < 4.78 is 15.3. The van der Waals surface area contributed by atoms with E-state index in [1.54, 1.807) is 19.2 Å². The van der Waals surface area contributed by atoms with Crippen LogP contribution in [0, 0.1) is 5.95 Å². The Balaban J connectivity index is 2.23. The Bertz CT molecular complexity index is 462. The topological polar surface area (TPSA) is 25.2 Å². The van der Waals surface area contributed by atoms with Gasteiger partial charge in [0.1, 0.15) is 0 Å². The lowest BCUT2D eigenvalue weighted by atomic mass is 10.2. The summed E-state index contributed by atoms with van der Waals surface area (Å²) in [6.45, 7) is 2.05. The first-order valence-corrected chi connectivity index (χ1v) is 5.25. The van der Waals surface area contributed by atoms with Gasteiger partial charge in [0.2, 0.25) is 0 Å². The van der Waals surface area contributed by atoms with Gasteiger partial charge >= 0.3 is 0 Å². The van der Waals surface area contributed by atoms with Gasteiger partial charge in [0.15, 0.2) is 5.95 Å². The third-order valence-corrected chi connectivity index (χ3v) is 2.57. The van der Waals surface area contributed by atoms with E-state index in [9.17, 15) is 9.50 Å². The molecule has 1 aromatic heterocycles. The maximum atomic E-state index is 13.8. The molecule has 2 nitrogen and oxygen atoms in total. The lowest BCUT2D eigenvalue weighted by Gasteiger charge is -2.06. The molecular formula is C13H14FNO. The third kappa shape index (κ3) is 2.14. The van der Waals surface area contributed by atoms with Crippen molar-refractivity contribution in [1.29, 1.82) is 0 Å². The van der Waals surface area contributed by atoms with E-state index in [2.05, 4.69) is 0 Å². The molecule has 0 aliphatic rings. The van der Waals surface area contributed by atoms with Crippen molar-refractivity contribution in [2.24, 2.45) is 0 Å². The normalized spacial score (nSPS) is 12.7. The van der Waals surface area contributed by atoms with Crippen LogP contribution in [0.2, 0.25) is 0 Å². The van der Waals surface area contributed by atoms with Crippen molar-refractivity contribution in [2.45, 2.75) is 19.6 Å². The minimum Gasteiger partial charge on any atom is -0.389 e. The maximum Gasteiger partial charge on any atom is 0.199 e. The van der Waals surface area contributed by atoms with Crippen LogP contribution >= 0.6 is 0 Å². The molecule has 0 aliphatic carbocycles. The van der Waals surface area contributed by atoms with Gasteiger partial charge in [-0.1, -0.05) is 30.3 Å². The van der Waals surface area contributed by atoms with Crippen LogP contribution in [0.5, 0.6) is 0 Å². The number of rotatable bonds is 3. The fourth-order valence-electron chi connectivity index (χ4n) is 1.68. The van der Waals surface area contributed by atoms with Crippen molar-refractivity contribution in [1.82, 2.24) is 4.57 Å². The van der Waals surface area contributed by atoms with E-state index in [0.29, 0.717) is 12.1 Å². The van der Waals surface area contributed by atoms with Gasteiger partial charge in [-0.3, -0.25) is 0 Å². The highest BCUT2D eigenvalue weighted by Gasteiger charge is 2.12. The van der Waals surface area contributed by atoms with E-state index in [0.717, 1.165) is 5.56 Å². The molecule has 84 valence electrons. The van der Waals surface area contributed by atoms with Gasteiger partial charge in [0.25, 0.3) is 0 Å². The van der Waals surface area contributed by atoms with Gasteiger partial charge in [-0.2, -0.15) is 4.39 Å². The summed E-state index contributed by atoms with van der Waals surface area (Å²) in [5.74, 6) is -0.362. The van der Waals surface area contributed by atoms with Gasteiger partial charge in [0.05, 0.1) is 6.10 Å². The number of hydrogen-bond donors (Lipinski definition) is 1. The van der Waals surface area contributed by atoms with E-state index < -0.39 is 6.10 Å². The Kier molecular flexibility index (Phi) is 3.06. The summed E-state index contributed by atoms with van der Waals surface area (Å²) >= 11 is 0. The molecule has 3 heteroatoms. The van der Waals surface area contributed by atoms with Crippen molar-refractivity contribution >= 4 is 0 Å². The van der Waals surface area contributed by atoms with E-state index in [1.165, 1.54) is 4.57 Å². The third-order valence-electron chi connectivity index (χ3n) is 2.57. The van der Waals surface area contributed by atoms with Gasteiger partial charge < -0.3 is 9.67 Å². The zero-order valence-electron chi connectivity index (χ0n) is 9.10. The minimum absolute atomic E-state index is 0.343.